The molecule has 0 fully saturated rings. The number of thioether (sulfide) groups is 1. The van der Waals surface area contributed by atoms with E-state index in [0.29, 0.717) is 12.2 Å². The second kappa shape index (κ2) is 5.72. The quantitative estimate of drug-likeness (QED) is 0.884. The Hall–Kier alpha value is -1.39. The zero-order chi connectivity index (χ0) is 14.0. The molecule has 0 amide bonds. The first-order valence-electron chi connectivity index (χ1n) is 5.75. The predicted octanol–water partition coefficient (Wildman–Crippen LogP) is 3.29. The monoisotopic (exact) mass is 295 g/mol. The van der Waals surface area contributed by atoms with Gasteiger partial charge in [0.25, 0.3) is 5.56 Å². The highest BCUT2D eigenvalue weighted by molar-refractivity contribution is 7.98. The van der Waals surface area contributed by atoms with Crippen molar-refractivity contribution in [3.05, 3.63) is 57.0 Å². The van der Waals surface area contributed by atoms with Gasteiger partial charge in [-0.05, 0) is 24.8 Å². The molecule has 5 heteroatoms. The molecule has 0 bridgehead atoms. The topological polar surface area (TPSA) is 42.2 Å². The number of pyridine rings is 1. The fourth-order valence-electron chi connectivity index (χ4n) is 1.93. The lowest BCUT2D eigenvalue weighted by Gasteiger charge is -2.13. The van der Waals surface area contributed by atoms with E-state index in [1.54, 1.807) is 23.3 Å². The van der Waals surface area contributed by atoms with Gasteiger partial charge in [0, 0.05) is 16.7 Å². The fourth-order valence-corrected chi connectivity index (χ4v) is 2.69. The first kappa shape index (κ1) is 14.0. The second-order valence-corrected chi connectivity index (χ2v) is 5.41. The standard InChI is InChI=1S/C14H14ClNO2S/c1-9-7-11(17)13(15)14(18)16(9)8-10-5-3-4-6-12(10)19-2/h3-7,17H,8H2,1-2H3. The van der Waals surface area contributed by atoms with E-state index < -0.39 is 0 Å². The molecule has 0 saturated carbocycles. The van der Waals surface area contributed by atoms with Crippen LogP contribution in [-0.2, 0) is 6.54 Å². The number of hydrogen-bond acceptors (Lipinski definition) is 3. The van der Waals surface area contributed by atoms with Crippen LogP contribution in [0.25, 0.3) is 0 Å². The van der Waals surface area contributed by atoms with Gasteiger partial charge in [-0.2, -0.15) is 0 Å². The zero-order valence-corrected chi connectivity index (χ0v) is 12.3. The lowest BCUT2D eigenvalue weighted by molar-refractivity contribution is 0.470. The Bertz CT molecular complexity index is 667. The summed E-state index contributed by atoms with van der Waals surface area (Å²) in [6.45, 7) is 2.22. The van der Waals surface area contributed by atoms with Crippen LogP contribution in [0.1, 0.15) is 11.3 Å². The van der Waals surface area contributed by atoms with Crippen molar-refractivity contribution in [3.63, 3.8) is 0 Å². The molecular formula is C14H14ClNO2S. The number of aryl methyl sites for hydroxylation is 1. The highest BCUT2D eigenvalue weighted by atomic mass is 35.5. The molecule has 2 aromatic rings. The minimum absolute atomic E-state index is 0.132. The van der Waals surface area contributed by atoms with E-state index in [0.717, 1.165) is 10.5 Å². The molecule has 0 aliphatic heterocycles. The summed E-state index contributed by atoms with van der Waals surface area (Å²) >= 11 is 7.44. The third-order valence-corrected chi connectivity index (χ3v) is 4.14. The van der Waals surface area contributed by atoms with Crippen molar-refractivity contribution < 1.29 is 5.11 Å². The van der Waals surface area contributed by atoms with E-state index in [1.165, 1.54) is 6.07 Å². The Balaban J connectivity index is 2.50. The average Bonchev–Trinajstić information content (AvgIpc) is 2.41. The molecule has 1 N–H and O–H groups in total. The molecule has 1 aromatic carbocycles. The van der Waals surface area contributed by atoms with E-state index in [-0.39, 0.29) is 16.3 Å². The third kappa shape index (κ3) is 2.80. The van der Waals surface area contributed by atoms with E-state index in [9.17, 15) is 9.90 Å². The molecule has 1 heterocycles. The molecule has 0 radical (unpaired) electrons. The van der Waals surface area contributed by atoms with Crippen LogP contribution >= 0.6 is 23.4 Å². The summed E-state index contributed by atoms with van der Waals surface area (Å²) in [5.41, 5.74) is 1.37. The van der Waals surface area contributed by atoms with Gasteiger partial charge in [0.1, 0.15) is 10.8 Å². The first-order chi connectivity index (χ1) is 9.04. The SMILES string of the molecule is CSc1ccccc1Cn1c(C)cc(O)c(Cl)c1=O. The van der Waals surface area contributed by atoms with E-state index in [1.807, 2.05) is 30.5 Å². The van der Waals surface area contributed by atoms with E-state index in [2.05, 4.69) is 0 Å². The molecule has 0 spiro atoms. The first-order valence-corrected chi connectivity index (χ1v) is 7.35. The smallest absolute Gasteiger partial charge is 0.273 e. The summed E-state index contributed by atoms with van der Waals surface area (Å²) in [6.07, 6.45) is 2.00. The predicted molar refractivity (Wildman–Crippen MR) is 79.4 cm³/mol. The van der Waals surface area contributed by atoms with Gasteiger partial charge in [-0.3, -0.25) is 4.79 Å². The molecular weight excluding hydrogens is 282 g/mol. The van der Waals surface area contributed by atoms with Crippen molar-refractivity contribution in [1.82, 2.24) is 4.57 Å². The lowest BCUT2D eigenvalue weighted by Crippen LogP contribution is -2.23. The van der Waals surface area contributed by atoms with E-state index >= 15 is 0 Å². The van der Waals surface area contributed by atoms with Gasteiger partial charge in [-0.25, -0.2) is 0 Å². The van der Waals surface area contributed by atoms with Crippen molar-refractivity contribution in [3.8, 4) is 5.75 Å². The number of benzene rings is 1. The Morgan fingerprint density at radius 2 is 2.05 bits per heavy atom. The van der Waals surface area contributed by atoms with Gasteiger partial charge in [0.2, 0.25) is 0 Å². The number of nitrogens with zero attached hydrogens (tertiary/aromatic N) is 1. The van der Waals surface area contributed by atoms with Crippen LogP contribution in [0.4, 0.5) is 0 Å². The molecule has 19 heavy (non-hydrogen) atoms. The average molecular weight is 296 g/mol. The maximum Gasteiger partial charge on any atom is 0.273 e. The third-order valence-electron chi connectivity index (χ3n) is 2.95. The molecule has 0 saturated heterocycles. The summed E-state index contributed by atoms with van der Waals surface area (Å²) in [7, 11) is 0. The Labute approximate surface area is 120 Å². The van der Waals surface area contributed by atoms with Crippen molar-refractivity contribution >= 4 is 23.4 Å². The highest BCUT2D eigenvalue weighted by Gasteiger charge is 2.11. The Kier molecular flexibility index (Phi) is 4.22. The Morgan fingerprint density at radius 1 is 1.37 bits per heavy atom. The summed E-state index contributed by atoms with van der Waals surface area (Å²) < 4.78 is 1.57. The summed E-state index contributed by atoms with van der Waals surface area (Å²) in [4.78, 5) is 13.2. The van der Waals surface area contributed by atoms with Crippen molar-refractivity contribution in [2.24, 2.45) is 0 Å². The highest BCUT2D eigenvalue weighted by Crippen LogP contribution is 2.23. The van der Waals surface area contributed by atoms with Crippen molar-refractivity contribution in [2.45, 2.75) is 18.4 Å². The zero-order valence-electron chi connectivity index (χ0n) is 10.7. The molecule has 0 atom stereocenters. The number of hydrogen-bond donors (Lipinski definition) is 1. The van der Waals surface area contributed by atoms with Gasteiger partial charge in [-0.1, -0.05) is 29.8 Å². The molecule has 0 unspecified atom stereocenters. The number of aromatic nitrogens is 1. The van der Waals surface area contributed by atoms with Crippen LogP contribution in [0.5, 0.6) is 5.75 Å². The van der Waals surface area contributed by atoms with Crippen molar-refractivity contribution in [2.75, 3.05) is 6.26 Å². The molecule has 0 aliphatic carbocycles. The molecule has 0 aliphatic rings. The van der Waals surface area contributed by atoms with Crippen LogP contribution in [0.15, 0.2) is 40.0 Å². The normalized spacial score (nSPS) is 10.7. The minimum atomic E-state index is -0.366. The maximum atomic E-state index is 12.1. The lowest BCUT2D eigenvalue weighted by atomic mass is 10.2. The second-order valence-electron chi connectivity index (χ2n) is 4.19. The Morgan fingerprint density at radius 3 is 2.74 bits per heavy atom. The van der Waals surface area contributed by atoms with Crippen LogP contribution in [-0.4, -0.2) is 15.9 Å². The van der Waals surface area contributed by atoms with Crippen LogP contribution in [0, 0.1) is 6.92 Å². The summed E-state index contributed by atoms with van der Waals surface area (Å²) in [5, 5.41) is 9.39. The van der Waals surface area contributed by atoms with E-state index in [4.69, 9.17) is 11.6 Å². The van der Waals surface area contributed by atoms with Crippen LogP contribution in [0.2, 0.25) is 5.02 Å². The number of aromatic hydroxyl groups is 1. The van der Waals surface area contributed by atoms with Crippen molar-refractivity contribution in [1.29, 1.82) is 0 Å². The number of halogens is 1. The molecule has 1 aromatic heterocycles. The van der Waals surface area contributed by atoms with Crippen LogP contribution in [0.3, 0.4) is 0 Å². The van der Waals surface area contributed by atoms with Gasteiger partial charge < -0.3 is 9.67 Å². The van der Waals surface area contributed by atoms with Gasteiger partial charge in [0.15, 0.2) is 0 Å². The van der Waals surface area contributed by atoms with Crippen LogP contribution < -0.4 is 5.56 Å². The maximum absolute atomic E-state index is 12.1. The van der Waals surface area contributed by atoms with Gasteiger partial charge in [0.05, 0.1) is 6.54 Å². The summed E-state index contributed by atoms with van der Waals surface area (Å²) in [6, 6.07) is 9.42. The molecule has 100 valence electrons. The van der Waals surface area contributed by atoms with Gasteiger partial charge >= 0.3 is 0 Å². The fraction of sp³-hybridized carbons (Fsp3) is 0.214. The molecule has 2 rings (SSSR count). The largest absolute Gasteiger partial charge is 0.506 e. The summed E-state index contributed by atoms with van der Waals surface area (Å²) in [5.74, 6) is -0.168. The molecule has 3 nitrogen and oxygen atoms in total. The van der Waals surface area contributed by atoms with Gasteiger partial charge in [-0.15, -0.1) is 11.8 Å². The number of rotatable bonds is 3. The minimum Gasteiger partial charge on any atom is -0.506 e.